The summed E-state index contributed by atoms with van der Waals surface area (Å²) in [6.07, 6.45) is 9.60. The lowest BCUT2D eigenvalue weighted by Crippen LogP contribution is -2.50. The molecule has 0 radical (unpaired) electrons. The van der Waals surface area contributed by atoms with E-state index in [1.807, 2.05) is 0 Å². The predicted molar refractivity (Wildman–Crippen MR) is 85.1 cm³/mol. The molecule has 0 aliphatic carbocycles. The van der Waals surface area contributed by atoms with Gasteiger partial charge in [-0.25, -0.2) is 0 Å². The summed E-state index contributed by atoms with van der Waals surface area (Å²) in [6, 6.07) is 0.570. The first kappa shape index (κ1) is 16.3. The van der Waals surface area contributed by atoms with E-state index in [1.165, 1.54) is 64.6 Å². The molecule has 0 aromatic heterocycles. The van der Waals surface area contributed by atoms with Gasteiger partial charge in [-0.3, -0.25) is 0 Å². The summed E-state index contributed by atoms with van der Waals surface area (Å²) in [5.74, 6) is 0. The Morgan fingerprint density at radius 3 is 2.35 bits per heavy atom. The Hall–Kier alpha value is -0.120. The Labute approximate surface area is 125 Å². The van der Waals surface area contributed by atoms with Gasteiger partial charge in [-0.05, 0) is 38.8 Å². The first-order valence-electron chi connectivity index (χ1n) is 8.74. The number of nitrogens with zero attached hydrogens (tertiary/aromatic N) is 1. The zero-order valence-electron chi connectivity index (χ0n) is 13.6. The highest BCUT2D eigenvalue weighted by molar-refractivity contribution is 4.88. The van der Waals surface area contributed by atoms with Crippen molar-refractivity contribution in [3.05, 3.63) is 0 Å². The molecule has 0 saturated carbocycles. The van der Waals surface area contributed by atoms with Gasteiger partial charge in [0.25, 0.3) is 0 Å². The van der Waals surface area contributed by atoms with Crippen LogP contribution in [0.4, 0.5) is 0 Å². The van der Waals surface area contributed by atoms with Crippen molar-refractivity contribution < 1.29 is 4.74 Å². The second-order valence-electron chi connectivity index (χ2n) is 7.24. The number of hydrogen-bond donors (Lipinski definition) is 1. The molecule has 2 saturated heterocycles. The lowest BCUT2D eigenvalue weighted by Gasteiger charge is -2.42. The van der Waals surface area contributed by atoms with Crippen molar-refractivity contribution in [2.75, 3.05) is 39.4 Å². The molecule has 118 valence electrons. The molecule has 1 atom stereocenters. The summed E-state index contributed by atoms with van der Waals surface area (Å²) in [5.41, 5.74) is 0.349. The Bertz CT molecular complexity index is 254. The second kappa shape index (κ2) is 8.35. The summed E-state index contributed by atoms with van der Waals surface area (Å²) in [4.78, 5) is 2.72. The van der Waals surface area contributed by atoms with Crippen LogP contribution in [0.3, 0.4) is 0 Å². The highest BCUT2D eigenvalue weighted by Gasteiger charge is 2.34. The summed E-state index contributed by atoms with van der Waals surface area (Å²) < 4.78 is 5.85. The van der Waals surface area contributed by atoms with Crippen molar-refractivity contribution >= 4 is 0 Å². The third-order valence-corrected chi connectivity index (χ3v) is 4.80. The van der Waals surface area contributed by atoms with Gasteiger partial charge in [0.15, 0.2) is 0 Å². The van der Waals surface area contributed by atoms with E-state index in [-0.39, 0.29) is 0 Å². The molecule has 2 aliphatic heterocycles. The van der Waals surface area contributed by atoms with Gasteiger partial charge >= 0.3 is 0 Å². The van der Waals surface area contributed by atoms with E-state index in [2.05, 4.69) is 24.1 Å². The average molecular weight is 282 g/mol. The lowest BCUT2D eigenvalue weighted by molar-refractivity contribution is -0.0279. The standard InChI is InChI=1S/C17H34N2O/c1-16(2)18-13-17(9-8-12-20-15-17)14-19-10-6-4-3-5-7-11-19/h16,18H,3-15H2,1-2H3. The van der Waals surface area contributed by atoms with E-state index in [1.54, 1.807) is 0 Å². The van der Waals surface area contributed by atoms with E-state index in [0.29, 0.717) is 11.5 Å². The molecule has 0 bridgehead atoms. The van der Waals surface area contributed by atoms with Crippen molar-refractivity contribution in [3.8, 4) is 0 Å². The molecule has 2 heterocycles. The normalized spacial score (nSPS) is 30.1. The van der Waals surface area contributed by atoms with Gasteiger partial charge in [-0.15, -0.1) is 0 Å². The highest BCUT2D eigenvalue weighted by Crippen LogP contribution is 2.30. The molecular weight excluding hydrogens is 248 g/mol. The van der Waals surface area contributed by atoms with Gasteiger partial charge in [0.05, 0.1) is 6.61 Å². The maximum absolute atomic E-state index is 5.85. The Morgan fingerprint density at radius 2 is 1.75 bits per heavy atom. The van der Waals surface area contributed by atoms with Crippen LogP contribution < -0.4 is 5.32 Å². The Morgan fingerprint density at radius 1 is 1.05 bits per heavy atom. The van der Waals surface area contributed by atoms with Crippen LogP contribution in [0.25, 0.3) is 0 Å². The molecule has 2 fully saturated rings. The van der Waals surface area contributed by atoms with Crippen LogP contribution in [0.1, 0.15) is 58.8 Å². The molecule has 3 nitrogen and oxygen atoms in total. The van der Waals surface area contributed by atoms with Crippen molar-refractivity contribution in [3.63, 3.8) is 0 Å². The number of ether oxygens (including phenoxy) is 1. The molecule has 0 aromatic rings. The maximum Gasteiger partial charge on any atom is 0.0546 e. The molecule has 0 aromatic carbocycles. The van der Waals surface area contributed by atoms with E-state index in [4.69, 9.17) is 4.74 Å². The van der Waals surface area contributed by atoms with Gasteiger partial charge in [0, 0.05) is 31.2 Å². The van der Waals surface area contributed by atoms with Crippen molar-refractivity contribution in [2.24, 2.45) is 5.41 Å². The van der Waals surface area contributed by atoms with Crippen LogP contribution in [-0.4, -0.2) is 50.3 Å². The van der Waals surface area contributed by atoms with Gasteiger partial charge < -0.3 is 15.0 Å². The van der Waals surface area contributed by atoms with Crippen LogP contribution in [0, 0.1) is 5.41 Å². The van der Waals surface area contributed by atoms with Crippen LogP contribution in [0.2, 0.25) is 0 Å². The van der Waals surface area contributed by atoms with Crippen LogP contribution >= 0.6 is 0 Å². The molecule has 3 heteroatoms. The zero-order chi connectivity index (χ0) is 14.3. The smallest absolute Gasteiger partial charge is 0.0546 e. The van der Waals surface area contributed by atoms with E-state index < -0.39 is 0 Å². The third kappa shape index (κ3) is 5.34. The topological polar surface area (TPSA) is 24.5 Å². The van der Waals surface area contributed by atoms with Crippen molar-refractivity contribution in [2.45, 2.75) is 64.8 Å². The Balaban J connectivity index is 1.90. The fraction of sp³-hybridized carbons (Fsp3) is 1.00. The van der Waals surface area contributed by atoms with Crippen molar-refractivity contribution in [1.29, 1.82) is 0 Å². The third-order valence-electron chi connectivity index (χ3n) is 4.80. The van der Waals surface area contributed by atoms with Gasteiger partial charge in [0.2, 0.25) is 0 Å². The maximum atomic E-state index is 5.85. The van der Waals surface area contributed by atoms with Crippen LogP contribution in [0.15, 0.2) is 0 Å². The molecule has 0 amide bonds. The first-order chi connectivity index (χ1) is 9.70. The van der Waals surface area contributed by atoms with Crippen molar-refractivity contribution in [1.82, 2.24) is 10.2 Å². The molecule has 1 unspecified atom stereocenters. The van der Waals surface area contributed by atoms with Gasteiger partial charge in [0.1, 0.15) is 0 Å². The van der Waals surface area contributed by atoms with E-state index in [0.717, 1.165) is 19.8 Å². The molecular formula is C17H34N2O. The Kier molecular flexibility index (Phi) is 6.79. The minimum Gasteiger partial charge on any atom is -0.381 e. The zero-order valence-corrected chi connectivity index (χ0v) is 13.6. The summed E-state index contributed by atoms with van der Waals surface area (Å²) in [6.45, 7) is 11.3. The largest absolute Gasteiger partial charge is 0.381 e. The molecule has 2 rings (SSSR count). The number of rotatable bonds is 5. The fourth-order valence-corrected chi connectivity index (χ4v) is 3.60. The number of hydrogen-bond acceptors (Lipinski definition) is 3. The monoisotopic (exact) mass is 282 g/mol. The quantitative estimate of drug-likeness (QED) is 0.839. The highest BCUT2D eigenvalue weighted by atomic mass is 16.5. The SMILES string of the molecule is CC(C)NCC1(CN2CCCCCCC2)CCCOC1. The van der Waals surface area contributed by atoms with E-state index >= 15 is 0 Å². The molecule has 20 heavy (non-hydrogen) atoms. The lowest BCUT2D eigenvalue weighted by atomic mass is 9.81. The molecule has 0 spiro atoms. The van der Waals surface area contributed by atoms with Crippen LogP contribution in [0.5, 0.6) is 0 Å². The summed E-state index contributed by atoms with van der Waals surface area (Å²) in [5, 5.41) is 3.67. The minimum atomic E-state index is 0.349. The molecule has 2 aliphatic rings. The fourth-order valence-electron chi connectivity index (χ4n) is 3.60. The number of likely N-dealkylation sites (tertiary alicyclic amines) is 1. The van der Waals surface area contributed by atoms with E-state index in [9.17, 15) is 0 Å². The minimum absolute atomic E-state index is 0.349. The van der Waals surface area contributed by atoms with Crippen LogP contribution in [-0.2, 0) is 4.74 Å². The summed E-state index contributed by atoms with van der Waals surface area (Å²) in [7, 11) is 0. The first-order valence-corrected chi connectivity index (χ1v) is 8.74. The second-order valence-corrected chi connectivity index (χ2v) is 7.24. The number of nitrogens with one attached hydrogen (secondary N) is 1. The predicted octanol–water partition coefficient (Wildman–Crippen LogP) is 3.05. The average Bonchev–Trinajstić information content (AvgIpc) is 2.41. The van der Waals surface area contributed by atoms with Gasteiger partial charge in [-0.2, -0.15) is 0 Å². The van der Waals surface area contributed by atoms with Gasteiger partial charge in [-0.1, -0.05) is 33.1 Å². The summed E-state index contributed by atoms with van der Waals surface area (Å²) >= 11 is 0. The molecule has 1 N–H and O–H groups in total.